The van der Waals surface area contributed by atoms with Crippen molar-refractivity contribution in [3.8, 4) is 5.75 Å². The van der Waals surface area contributed by atoms with Crippen molar-refractivity contribution in [2.75, 3.05) is 6.61 Å². The zero-order valence-electron chi connectivity index (χ0n) is 15.0. The van der Waals surface area contributed by atoms with E-state index < -0.39 is 0 Å². The van der Waals surface area contributed by atoms with Crippen molar-refractivity contribution in [3.05, 3.63) is 101 Å². The first-order valence-corrected chi connectivity index (χ1v) is 9.79. The molecule has 4 heteroatoms. The molecule has 1 N–H and O–H groups in total. The molecule has 138 valence electrons. The molecule has 0 saturated heterocycles. The lowest BCUT2D eigenvalue weighted by Gasteiger charge is -2.20. The molecule has 0 saturated carbocycles. The highest BCUT2D eigenvalue weighted by molar-refractivity contribution is 9.10. The van der Waals surface area contributed by atoms with Crippen LogP contribution in [0.15, 0.2) is 89.4 Å². The van der Waals surface area contributed by atoms with Gasteiger partial charge < -0.3 is 10.1 Å². The summed E-state index contributed by atoms with van der Waals surface area (Å²) in [5.41, 5.74) is 2.14. The van der Waals surface area contributed by atoms with Crippen LogP contribution in [0.5, 0.6) is 5.75 Å². The molecular weight excluding hydrogens is 402 g/mol. The van der Waals surface area contributed by atoms with Crippen molar-refractivity contribution in [1.82, 2.24) is 5.32 Å². The molecule has 0 bridgehead atoms. The van der Waals surface area contributed by atoms with E-state index in [4.69, 9.17) is 4.74 Å². The number of rotatable bonds is 8. The first-order chi connectivity index (χ1) is 13.2. The number of carbonyl (C=O) groups is 1. The summed E-state index contributed by atoms with van der Waals surface area (Å²) in [6.45, 7) is 0.505. The second-order valence-corrected chi connectivity index (χ2v) is 7.15. The first kappa shape index (κ1) is 19.2. The van der Waals surface area contributed by atoms with Crippen LogP contribution in [-0.2, 0) is 4.79 Å². The highest BCUT2D eigenvalue weighted by Gasteiger charge is 2.16. The van der Waals surface area contributed by atoms with Crippen molar-refractivity contribution in [3.63, 3.8) is 0 Å². The Kier molecular flexibility index (Phi) is 7.05. The number of carbonyl (C=O) groups excluding carboxylic acids is 1. The third kappa shape index (κ3) is 5.97. The minimum atomic E-state index is -0.147. The lowest BCUT2D eigenvalue weighted by molar-refractivity contribution is -0.121. The molecule has 3 nitrogen and oxygen atoms in total. The van der Waals surface area contributed by atoms with Crippen LogP contribution in [0.25, 0.3) is 0 Å². The lowest BCUT2D eigenvalue weighted by Crippen LogP contribution is -2.29. The van der Waals surface area contributed by atoms with Gasteiger partial charge in [0.25, 0.3) is 0 Å². The number of ether oxygens (including phenoxy) is 1. The van der Waals surface area contributed by atoms with Crippen molar-refractivity contribution in [2.24, 2.45) is 0 Å². The molecule has 3 rings (SSSR count). The van der Waals surface area contributed by atoms with Crippen molar-refractivity contribution in [2.45, 2.75) is 18.9 Å². The maximum atomic E-state index is 12.5. The molecule has 0 unspecified atom stereocenters. The van der Waals surface area contributed by atoms with E-state index in [9.17, 15) is 4.79 Å². The molecular formula is C23H22BrNO2. The summed E-state index contributed by atoms with van der Waals surface area (Å²) in [5, 5.41) is 3.16. The van der Waals surface area contributed by atoms with E-state index in [1.54, 1.807) is 0 Å². The Morgan fingerprint density at radius 1 is 0.889 bits per heavy atom. The fourth-order valence-corrected chi connectivity index (χ4v) is 3.24. The van der Waals surface area contributed by atoms with E-state index in [0.717, 1.165) is 21.3 Å². The van der Waals surface area contributed by atoms with Crippen LogP contribution >= 0.6 is 15.9 Å². The highest BCUT2D eigenvalue weighted by Crippen LogP contribution is 2.22. The smallest absolute Gasteiger partial charge is 0.220 e. The van der Waals surface area contributed by atoms with Gasteiger partial charge in [-0.2, -0.15) is 0 Å². The molecule has 0 atom stereocenters. The van der Waals surface area contributed by atoms with Crippen LogP contribution in [0.2, 0.25) is 0 Å². The van der Waals surface area contributed by atoms with Gasteiger partial charge in [0.2, 0.25) is 5.91 Å². The van der Waals surface area contributed by atoms with Crippen molar-refractivity contribution in [1.29, 1.82) is 0 Å². The zero-order chi connectivity index (χ0) is 18.9. The molecule has 1 amide bonds. The topological polar surface area (TPSA) is 38.3 Å². The zero-order valence-corrected chi connectivity index (χ0v) is 16.6. The van der Waals surface area contributed by atoms with Gasteiger partial charge in [-0.3, -0.25) is 4.79 Å². The maximum Gasteiger partial charge on any atom is 0.220 e. The van der Waals surface area contributed by atoms with Crippen molar-refractivity contribution < 1.29 is 9.53 Å². The van der Waals surface area contributed by atoms with Gasteiger partial charge in [-0.25, -0.2) is 0 Å². The molecule has 27 heavy (non-hydrogen) atoms. The monoisotopic (exact) mass is 423 g/mol. The van der Waals surface area contributed by atoms with E-state index in [0.29, 0.717) is 19.4 Å². The van der Waals surface area contributed by atoms with E-state index in [1.807, 2.05) is 84.9 Å². The Hall–Kier alpha value is -2.59. The number of hydrogen-bond donors (Lipinski definition) is 1. The molecule has 0 radical (unpaired) electrons. The van der Waals surface area contributed by atoms with Crippen LogP contribution < -0.4 is 10.1 Å². The van der Waals surface area contributed by atoms with E-state index in [1.165, 1.54) is 0 Å². The minimum absolute atomic E-state index is 0.0190. The van der Waals surface area contributed by atoms with Crippen molar-refractivity contribution >= 4 is 21.8 Å². The standard InChI is InChI=1S/C23H22BrNO2/c24-20-13-7-14-21(17-20)27-16-8-15-22(26)25-23(18-9-3-1-4-10-18)19-11-5-2-6-12-19/h1-7,9-14,17,23H,8,15-16H2,(H,25,26). The van der Waals surface area contributed by atoms with Crippen LogP contribution in [-0.4, -0.2) is 12.5 Å². The summed E-state index contributed by atoms with van der Waals surface area (Å²) in [4.78, 5) is 12.5. The normalized spacial score (nSPS) is 10.6. The van der Waals surface area contributed by atoms with Gasteiger partial charge in [0.1, 0.15) is 5.75 Å². The SMILES string of the molecule is O=C(CCCOc1cccc(Br)c1)NC(c1ccccc1)c1ccccc1. The Labute approximate surface area is 168 Å². The average molecular weight is 424 g/mol. The van der Waals surface area contributed by atoms with Gasteiger partial charge in [-0.1, -0.05) is 82.7 Å². The quantitative estimate of drug-likeness (QED) is 0.484. The Bertz CT molecular complexity index is 813. The second-order valence-electron chi connectivity index (χ2n) is 6.23. The predicted molar refractivity (Wildman–Crippen MR) is 112 cm³/mol. The molecule has 3 aromatic rings. The number of amides is 1. The molecule has 3 aromatic carbocycles. The summed E-state index contributed by atoms with van der Waals surface area (Å²) in [5.74, 6) is 0.821. The number of benzene rings is 3. The van der Waals surface area contributed by atoms with E-state index in [-0.39, 0.29) is 11.9 Å². The summed E-state index contributed by atoms with van der Waals surface area (Å²) < 4.78 is 6.68. The molecule has 0 heterocycles. The number of hydrogen-bond acceptors (Lipinski definition) is 2. The fourth-order valence-electron chi connectivity index (χ4n) is 2.86. The fraction of sp³-hybridized carbons (Fsp3) is 0.174. The summed E-state index contributed by atoms with van der Waals surface area (Å²) in [6.07, 6.45) is 1.08. The lowest BCUT2D eigenvalue weighted by atomic mass is 9.98. The molecule has 0 fully saturated rings. The van der Waals surface area contributed by atoms with Gasteiger partial charge in [0.15, 0.2) is 0 Å². The van der Waals surface area contributed by atoms with Crippen LogP contribution in [0.1, 0.15) is 30.0 Å². The van der Waals surface area contributed by atoms with Crippen LogP contribution in [0, 0.1) is 0 Å². The molecule has 0 aliphatic carbocycles. The maximum absolute atomic E-state index is 12.5. The third-order valence-electron chi connectivity index (χ3n) is 4.18. The predicted octanol–water partition coefficient (Wildman–Crippen LogP) is 5.51. The van der Waals surface area contributed by atoms with Crippen LogP contribution in [0.4, 0.5) is 0 Å². The van der Waals surface area contributed by atoms with Gasteiger partial charge in [0.05, 0.1) is 12.6 Å². The van der Waals surface area contributed by atoms with Gasteiger partial charge in [-0.15, -0.1) is 0 Å². The minimum Gasteiger partial charge on any atom is -0.494 e. The molecule has 0 aromatic heterocycles. The summed E-state index contributed by atoms with van der Waals surface area (Å²) in [7, 11) is 0. The first-order valence-electron chi connectivity index (χ1n) is 9.00. The molecule has 0 spiro atoms. The van der Waals surface area contributed by atoms with Gasteiger partial charge in [-0.05, 0) is 35.7 Å². The van der Waals surface area contributed by atoms with E-state index in [2.05, 4.69) is 21.2 Å². The van der Waals surface area contributed by atoms with Gasteiger partial charge >= 0.3 is 0 Å². The Morgan fingerprint density at radius 2 is 1.52 bits per heavy atom. The number of nitrogens with one attached hydrogen (secondary N) is 1. The molecule has 0 aliphatic heterocycles. The summed E-state index contributed by atoms with van der Waals surface area (Å²) in [6, 6.07) is 27.6. The number of halogens is 1. The Morgan fingerprint density at radius 3 is 2.11 bits per heavy atom. The van der Waals surface area contributed by atoms with Gasteiger partial charge in [0, 0.05) is 10.9 Å². The molecule has 0 aliphatic rings. The Balaban J connectivity index is 1.55. The van der Waals surface area contributed by atoms with E-state index >= 15 is 0 Å². The third-order valence-corrected chi connectivity index (χ3v) is 4.68. The summed E-state index contributed by atoms with van der Waals surface area (Å²) >= 11 is 3.42. The van der Waals surface area contributed by atoms with Crippen LogP contribution in [0.3, 0.4) is 0 Å². The highest BCUT2D eigenvalue weighted by atomic mass is 79.9. The largest absolute Gasteiger partial charge is 0.494 e. The second kappa shape index (κ2) is 9.93. The average Bonchev–Trinajstić information content (AvgIpc) is 2.71.